The van der Waals surface area contributed by atoms with Crippen molar-refractivity contribution in [3.63, 3.8) is 0 Å². The monoisotopic (exact) mass is 299 g/mol. The minimum atomic E-state index is 0.244. The number of hydrogen-bond acceptors (Lipinski definition) is 4. The first kappa shape index (κ1) is 12.6. The van der Waals surface area contributed by atoms with Crippen LogP contribution in [0.1, 0.15) is 39.5 Å². The quantitative estimate of drug-likeness (QED) is 0.911. The first-order valence-electron chi connectivity index (χ1n) is 5.90. The van der Waals surface area contributed by atoms with Gasteiger partial charge in [-0.3, -0.25) is 0 Å². The lowest BCUT2D eigenvalue weighted by atomic mass is 9.76. The van der Waals surface area contributed by atoms with Gasteiger partial charge in [0.05, 0.1) is 0 Å². The fourth-order valence-electron chi connectivity index (χ4n) is 2.10. The number of rotatable bonds is 2. The first-order valence-corrected chi connectivity index (χ1v) is 6.70. The molecule has 0 unspecified atom stereocenters. The van der Waals surface area contributed by atoms with Gasteiger partial charge in [-0.25, -0.2) is 9.97 Å². The van der Waals surface area contributed by atoms with E-state index in [2.05, 4.69) is 39.7 Å². The van der Waals surface area contributed by atoms with Gasteiger partial charge in [-0.05, 0) is 47.0 Å². The summed E-state index contributed by atoms with van der Waals surface area (Å²) in [5.74, 6) is 0.980. The Balaban J connectivity index is 2.00. The van der Waals surface area contributed by atoms with Crippen molar-refractivity contribution >= 4 is 21.7 Å². The molecule has 1 aliphatic rings. The minimum absolute atomic E-state index is 0.244. The minimum Gasteiger partial charge on any atom is -0.473 e. The Morgan fingerprint density at radius 3 is 2.65 bits per heavy atom. The fourth-order valence-corrected chi connectivity index (χ4v) is 2.40. The summed E-state index contributed by atoms with van der Waals surface area (Å²) in [4.78, 5) is 8.00. The van der Waals surface area contributed by atoms with E-state index in [9.17, 15) is 0 Å². The maximum atomic E-state index is 5.88. The van der Waals surface area contributed by atoms with Crippen LogP contribution in [0, 0.1) is 5.41 Å². The van der Waals surface area contributed by atoms with Gasteiger partial charge in [0, 0.05) is 0 Å². The van der Waals surface area contributed by atoms with Crippen LogP contribution >= 0.6 is 15.9 Å². The van der Waals surface area contributed by atoms with Crippen LogP contribution in [0.3, 0.4) is 0 Å². The Bertz CT molecular complexity index is 399. The smallest absolute Gasteiger partial charge is 0.233 e. The van der Waals surface area contributed by atoms with Crippen molar-refractivity contribution in [2.75, 3.05) is 5.73 Å². The molecule has 0 bridgehead atoms. The van der Waals surface area contributed by atoms with Crippen molar-refractivity contribution < 1.29 is 4.74 Å². The highest BCUT2D eigenvalue weighted by molar-refractivity contribution is 9.10. The Morgan fingerprint density at radius 1 is 1.35 bits per heavy atom. The normalized spacial score (nSPS) is 20.2. The molecule has 1 aromatic heterocycles. The van der Waals surface area contributed by atoms with Crippen LogP contribution < -0.4 is 10.5 Å². The second-order valence-corrected chi connectivity index (χ2v) is 6.15. The van der Waals surface area contributed by atoms with Crippen LogP contribution in [0.4, 0.5) is 5.82 Å². The molecule has 94 valence electrons. The van der Waals surface area contributed by atoms with E-state index < -0.39 is 0 Å². The molecule has 1 aliphatic carbocycles. The highest BCUT2D eigenvalue weighted by Gasteiger charge is 2.28. The summed E-state index contributed by atoms with van der Waals surface area (Å²) in [7, 11) is 0. The zero-order valence-electron chi connectivity index (χ0n) is 10.2. The summed E-state index contributed by atoms with van der Waals surface area (Å²) in [5.41, 5.74) is 6.14. The average molecular weight is 300 g/mol. The van der Waals surface area contributed by atoms with Crippen LogP contribution in [-0.2, 0) is 0 Å². The number of anilines is 1. The van der Waals surface area contributed by atoms with E-state index in [0.717, 1.165) is 12.8 Å². The second kappa shape index (κ2) is 4.80. The highest BCUT2D eigenvalue weighted by atomic mass is 79.9. The molecule has 0 saturated heterocycles. The van der Waals surface area contributed by atoms with Crippen LogP contribution in [0.2, 0.25) is 0 Å². The molecular formula is C12H18BrN3O. The predicted octanol–water partition coefficient (Wildman–Crippen LogP) is 3.17. The Labute approximate surface area is 110 Å². The number of nitrogens with two attached hydrogens (primary N) is 1. The second-order valence-electron chi connectivity index (χ2n) is 5.36. The third-order valence-electron chi connectivity index (χ3n) is 3.35. The van der Waals surface area contributed by atoms with Crippen LogP contribution in [-0.4, -0.2) is 16.1 Å². The molecular weight excluding hydrogens is 282 g/mol. The maximum Gasteiger partial charge on any atom is 0.233 e. The number of ether oxygens (including phenoxy) is 1. The lowest BCUT2D eigenvalue weighted by molar-refractivity contribution is 0.0941. The third kappa shape index (κ3) is 3.09. The Kier molecular flexibility index (Phi) is 3.56. The molecule has 5 heteroatoms. The highest BCUT2D eigenvalue weighted by Crippen LogP contribution is 2.37. The van der Waals surface area contributed by atoms with Crippen molar-refractivity contribution in [1.82, 2.24) is 9.97 Å². The lowest BCUT2D eigenvalue weighted by Gasteiger charge is -2.34. The molecule has 0 radical (unpaired) electrons. The summed E-state index contributed by atoms with van der Waals surface area (Å²) >= 11 is 3.35. The zero-order chi connectivity index (χ0) is 12.5. The van der Waals surface area contributed by atoms with Crippen molar-refractivity contribution in [2.24, 2.45) is 5.41 Å². The molecule has 1 saturated carbocycles. The maximum absolute atomic E-state index is 5.88. The van der Waals surface area contributed by atoms with Gasteiger partial charge >= 0.3 is 0 Å². The third-order valence-corrected chi connectivity index (χ3v) is 4.09. The molecule has 1 aromatic rings. The number of halogens is 1. The molecule has 2 N–H and O–H groups in total. The van der Waals surface area contributed by atoms with Crippen molar-refractivity contribution in [3.8, 4) is 5.88 Å². The van der Waals surface area contributed by atoms with E-state index in [0.29, 0.717) is 21.6 Å². The molecule has 0 atom stereocenters. The molecule has 1 fully saturated rings. The Morgan fingerprint density at radius 2 is 2.00 bits per heavy atom. The standard InChI is InChI=1S/C12H18BrN3O/c1-12(2)5-3-8(4-6-12)17-11-9(13)10(14)15-7-16-11/h7-8H,3-6H2,1-2H3,(H2,14,15,16). The number of aromatic nitrogens is 2. The molecule has 0 aliphatic heterocycles. The number of hydrogen-bond donors (Lipinski definition) is 1. The summed E-state index contributed by atoms with van der Waals surface area (Å²) in [6, 6.07) is 0. The molecule has 4 nitrogen and oxygen atoms in total. The SMILES string of the molecule is CC1(C)CCC(Oc2ncnc(N)c2Br)CC1. The number of nitrogens with zero attached hydrogens (tertiary/aromatic N) is 2. The topological polar surface area (TPSA) is 61.0 Å². The van der Waals surface area contributed by atoms with Gasteiger partial charge in [-0.2, -0.15) is 0 Å². The summed E-state index contributed by atoms with van der Waals surface area (Å²) in [5, 5.41) is 0. The van der Waals surface area contributed by atoms with Crippen LogP contribution in [0.5, 0.6) is 5.88 Å². The van der Waals surface area contributed by atoms with E-state index in [4.69, 9.17) is 10.5 Å². The van der Waals surface area contributed by atoms with E-state index >= 15 is 0 Å². The predicted molar refractivity (Wildman–Crippen MR) is 70.8 cm³/mol. The molecule has 17 heavy (non-hydrogen) atoms. The molecule has 1 heterocycles. The number of nitrogen functional groups attached to an aromatic ring is 1. The molecule has 0 aromatic carbocycles. The zero-order valence-corrected chi connectivity index (χ0v) is 11.8. The van der Waals surface area contributed by atoms with Gasteiger partial charge in [-0.15, -0.1) is 0 Å². The molecule has 2 rings (SSSR count). The first-order chi connectivity index (χ1) is 7.98. The van der Waals surface area contributed by atoms with Crippen molar-refractivity contribution in [2.45, 2.75) is 45.6 Å². The van der Waals surface area contributed by atoms with Crippen molar-refractivity contribution in [1.29, 1.82) is 0 Å². The van der Waals surface area contributed by atoms with E-state index in [-0.39, 0.29) is 6.10 Å². The van der Waals surface area contributed by atoms with Gasteiger partial charge < -0.3 is 10.5 Å². The fraction of sp³-hybridized carbons (Fsp3) is 0.667. The van der Waals surface area contributed by atoms with Crippen LogP contribution in [0.15, 0.2) is 10.8 Å². The largest absolute Gasteiger partial charge is 0.473 e. The van der Waals surface area contributed by atoms with Crippen molar-refractivity contribution in [3.05, 3.63) is 10.8 Å². The summed E-state index contributed by atoms with van der Waals surface area (Å²) in [6.07, 6.45) is 6.20. The van der Waals surface area contributed by atoms with Gasteiger partial charge in [0.25, 0.3) is 0 Å². The van der Waals surface area contributed by atoms with E-state index in [1.54, 1.807) is 0 Å². The average Bonchev–Trinajstić information content (AvgIpc) is 2.27. The van der Waals surface area contributed by atoms with Gasteiger partial charge in [0.2, 0.25) is 5.88 Å². The summed E-state index contributed by atoms with van der Waals surface area (Å²) in [6.45, 7) is 4.61. The van der Waals surface area contributed by atoms with Gasteiger partial charge in [-0.1, -0.05) is 13.8 Å². The van der Waals surface area contributed by atoms with Gasteiger partial charge in [0.15, 0.2) is 0 Å². The van der Waals surface area contributed by atoms with Gasteiger partial charge in [0.1, 0.15) is 22.7 Å². The molecule has 0 spiro atoms. The molecule has 0 amide bonds. The lowest BCUT2D eigenvalue weighted by Crippen LogP contribution is -2.28. The van der Waals surface area contributed by atoms with E-state index in [1.807, 2.05) is 0 Å². The Hall–Kier alpha value is -0.840. The summed E-state index contributed by atoms with van der Waals surface area (Å²) < 4.78 is 6.54. The van der Waals surface area contributed by atoms with E-state index in [1.165, 1.54) is 19.2 Å². The van der Waals surface area contributed by atoms with Crippen LogP contribution in [0.25, 0.3) is 0 Å².